The van der Waals surface area contributed by atoms with E-state index in [9.17, 15) is 9.59 Å². The van der Waals surface area contributed by atoms with Gasteiger partial charge in [-0.3, -0.25) is 9.59 Å². The van der Waals surface area contributed by atoms with Crippen molar-refractivity contribution in [3.63, 3.8) is 0 Å². The van der Waals surface area contributed by atoms with Crippen LogP contribution in [0.2, 0.25) is 0 Å². The summed E-state index contributed by atoms with van der Waals surface area (Å²) in [6, 6.07) is 11.9. The molecular formula is C22H26N2O3. The van der Waals surface area contributed by atoms with Crippen LogP contribution in [0, 0.1) is 12.3 Å². The molecule has 2 aliphatic rings. The lowest BCUT2D eigenvalue weighted by atomic mass is 9.70. The number of benzene rings is 1. The first kappa shape index (κ1) is 17.8. The number of amides is 1. The van der Waals surface area contributed by atoms with Crippen LogP contribution in [0.1, 0.15) is 47.8 Å². The van der Waals surface area contributed by atoms with Crippen molar-refractivity contribution in [3.05, 3.63) is 59.4 Å². The normalized spacial score (nSPS) is 26.4. The second-order valence-electron chi connectivity index (χ2n) is 7.72. The van der Waals surface area contributed by atoms with E-state index in [-0.39, 0.29) is 24.0 Å². The number of carbonyl (C=O) groups is 2. The summed E-state index contributed by atoms with van der Waals surface area (Å²) < 4.78 is 5.51. The Kier molecular flexibility index (Phi) is 4.54. The molecule has 1 amide bonds. The maximum Gasteiger partial charge on any atom is 0.314 e. The number of carbonyl (C=O) groups excluding carboxylic acids is 2. The van der Waals surface area contributed by atoms with Crippen LogP contribution in [-0.4, -0.2) is 40.5 Å². The third-order valence-corrected chi connectivity index (χ3v) is 6.20. The van der Waals surface area contributed by atoms with Gasteiger partial charge in [0.05, 0.1) is 17.6 Å². The molecule has 1 aromatic heterocycles. The van der Waals surface area contributed by atoms with Gasteiger partial charge in [0, 0.05) is 24.0 Å². The van der Waals surface area contributed by atoms with Crippen LogP contribution in [-0.2, 0) is 16.0 Å². The summed E-state index contributed by atoms with van der Waals surface area (Å²) in [4.78, 5) is 31.4. The minimum Gasteiger partial charge on any atom is -0.465 e. The third kappa shape index (κ3) is 2.85. The number of esters is 1. The first-order valence-electron chi connectivity index (χ1n) is 9.74. The zero-order valence-corrected chi connectivity index (χ0v) is 15.9. The van der Waals surface area contributed by atoms with Gasteiger partial charge in [0.1, 0.15) is 0 Å². The standard InChI is InChI=1S/C22H26N2O3/c1-3-27-21(26)22(13-16-7-5-4-6-8-16)14-17-9-10-19(22)24(17)20(25)18-11-12-23-15(18)2/h4-8,11-12,17,19,23H,3,9-10,13-14H2,1-2H3/t17-,19+,22+/m1/s1. The van der Waals surface area contributed by atoms with Gasteiger partial charge >= 0.3 is 5.97 Å². The SMILES string of the molecule is CCOC(=O)[C@@]1(Cc2ccccc2)C[C@H]2CC[C@@H]1N2C(=O)c1cc[nH]c1C. The summed E-state index contributed by atoms with van der Waals surface area (Å²) in [5.41, 5.74) is 2.03. The number of ether oxygens (including phenoxy) is 1. The molecule has 2 saturated heterocycles. The van der Waals surface area contributed by atoms with Crippen molar-refractivity contribution in [2.75, 3.05) is 6.61 Å². The molecule has 0 unspecified atom stereocenters. The minimum atomic E-state index is -0.653. The van der Waals surface area contributed by atoms with Gasteiger partial charge in [-0.25, -0.2) is 0 Å². The Morgan fingerprint density at radius 3 is 2.67 bits per heavy atom. The molecule has 2 aliphatic heterocycles. The van der Waals surface area contributed by atoms with Gasteiger partial charge in [-0.1, -0.05) is 30.3 Å². The summed E-state index contributed by atoms with van der Waals surface area (Å²) in [7, 11) is 0. The molecule has 3 heterocycles. The molecule has 4 rings (SSSR count). The lowest BCUT2D eigenvalue weighted by Crippen LogP contribution is -2.47. The zero-order valence-electron chi connectivity index (χ0n) is 15.9. The number of hydrogen-bond donors (Lipinski definition) is 1. The van der Waals surface area contributed by atoms with Crippen LogP contribution in [0.5, 0.6) is 0 Å². The van der Waals surface area contributed by atoms with Crippen molar-refractivity contribution >= 4 is 11.9 Å². The van der Waals surface area contributed by atoms with Crippen molar-refractivity contribution in [2.24, 2.45) is 5.41 Å². The molecule has 5 heteroatoms. The Bertz CT molecular complexity index is 844. The summed E-state index contributed by atoms with van der Waals surface area (Å²) in [5, 5.41) is 0. The summed E-state index contributed by atoms with van der Waals surface area (Å²) in [6.45, 7) is 4.11. The van der Waals surface area contributed by atoms with Crippen LogP contribution in [0.4, 0.5) is 0 Å². The molecule has 1 aromatic carbocycles. The lowest BCUT2D eigenvalue weighted by Gasteiger charge is -2.35. The number of hydrogen-bond acceptors (Lipinski definition) is 3. The zero-order chi connectivity index (χ0) is 19.0. The van der Waals surface area contributed by atoms with Gasteiger partial charge < -0.3 is 14.6 Å². The highest BCUT2D eigenvalue weighted by molar-refractivity contribution is 5.97. The largest absolute Gasteiger partial charge is 0.465 e. The van der Waals surface area contributed by atoms with E-state index >= 15 is 0 Å². The fourth-order valence-corrected chi connectivity index (χ4v) is 5.03. The van der Waals surface area contributed by atoms with Gasteiger partial charge in [0.15, 0.2) is 0 Å². The molecule has 0 spiro atoms. The number of nitrogens with one attached hydrogen (secondary N) is 1. The number of H-pyrrole nitrogens is 1. The molecule has 0 saturated carbocycles. The quantitative estimate of drug-likeness (QED) is 0.824. The first-order valence-corrected chi connectivity index (χ1v) is 9.74. The van der Waals surface area contributed by atoms with Gasteiger partial charge in [-0.05, 0) is 51.2 Å². The molecule has 2 aromatic rings. The fraction of sp³-hybridized carbons (Fsp3) is 0.455. The Balaban J connectivity index is 1.70. The van der Waals surface area contributed by atoms with Gasteiger partial charge in [-0.15, -0.1) is 0 Å². The number of rotatable bonds is 5. The first-order chi connectivity index (χ1) is 13.1. The fourth-order valence-electron chi connectivity index (χ4n) is 5.03. The molecule has 3 atom stereocenters. The van der Waals surface area contributed by atoms with Gasteiger partial charge in [-0.2, -0.15) is 0 Å². The average molecular weight is 366 g/mol. The predicted molar refractivity (Wildman–Crippen MR) is 102 cm³/mol. The average Bonchev–Trinajstić information content (AvgIpc) is 3.35. The van der Waals surface area contributed by atoms with Crippen molar-refractivity contribution in [3.8, 4) is 0 Å². The van der Waals surface area contributed by atoms with Crippen LogP contribution >= 0.6 is 0 Å². The van der Waals surface area contributed by atoms with Crippen LogP contribution in [0.25, 0.3) is 0 Å². The smallest absolute Gasteiger partial charge is 0.314 e. The monoisotopic (exact) mass is 366 g/mol. The van der Waals surface area contributed by atoms with E-state index in [0.29, 0.717) is 25.0 Å². The second kappa shape index (κ2) is 6.87. The lowest BCUT2D eigenvalue weighted by molar-refractivity contribution is -0.157. The van der Waals surface area contributed by atoms with E-state index in [4.69, 9.17) is 4.74 Å². The number of nitrogens with zero attached hydrogens (tertiary/aromatic N) is 1. The molecule has 5 nitrogen and oxygen atoms in total. The van der Waals surface area contributed by atoms with E-state index in [2.05, 4.69) is 17.1 Å². The molecule has 27 heavy (non-hydrogen) atoms. The number of fused-ring (bicyclic) bond motifs is 2. The Labute approximate surface area is 159 Å². The summed E-state index contributed by atoms with van der Waals surface area (Å²) >= 11 is 0. The number of aryl methyl sites for hydroxylation is 1. The Hall–Kier alpha value is -2.56. The van der Waals surface area contributed by atoms with Crippen LogP contribution in [0.15, 0.2) is 42.6 Å². The Morgan fingerprint density at radius 1 is 1.22 bits per heavy atom. The van der Waals surface area contributed by atoms with Crippen molar-refractivity contribution in [2.45, 2.75) is 51.6 Å². The number of aromatic amines is 1. The van der Waals surface area contributed by atoms with Crippen molar-refractivity contribution < 1.29 is 14.3 Å². The van der Waals surface area contributed by atoms with Crippen molar-refractivity contribution in [1.82, 2.24) is 9.88 Å². The minimum absolute atomic E-state index is 0.0282. The molecule has 2 fully saturated rings. The van der Waals surface area contributed by atoms with E-state index in [1.165, 1.54) is 0 Å². The van der Waals surface area contributed by atoms with E-state index in [1.54, 1.807) is 6.20 Å². The molecule has 2 bridgehead atoms. The second-order valence-corrected chi connectivity index (χ2v) is 7.72. The van der Waals surface area contributed by atoms with Gasteiger partial charge in [0.25, 0.3) is 5.91 Å². The predicted octanol–water partition coefficient (Wildman–Crippen LogP) is 3.49. The van der Waals surface area contributed by atoms with E-state index in [0.717, 1.165) is 24.1 Å². The molecular weight excluding hydrogens is 340 g/mol. The van der Waals surface area contributed by atoms with Crippen LogP contribution < -0.4 is 0 Å². The topological polar surface area (TPSA) is 62.4 Å². The highest BCUT2D eigenvalue weighted by Gasteiger charge is 2.62. The summed E-state index contributed by atoms with van der Waals surface area (Å²) in [5.74, 6) is -0.134. The number of aromatic nitrogens is 1. The highest BCUT2D eigenvalue weighted by atomic mass is 16.5. The van der Waals surface area contributed by atoms with E-state index < -0.39 is 5.41 Å². The highest BCUT2D eigenvalue weighted by Crippen LogP contribution is 2.52. The Morgan fingerprint density at radius 2 is 2.00 bits per heavy atom. The molecule has 1 N–H and O–H groups in total. The molecule has 142 valence electrons. The summed E-state index contributed by atoms with van der Waals surface area (Å²) in [6.07, 6.45) is 4.90. The maximum atomic E-state index is 13.3. The molecule has 0 aliphatic carbocycles. The maximum absolute atomic E-state index is 13.3. The molecule has 0 radical (unpaired) electrons. The third-order valence-electron chi connectivity index (χ3n) is 6.20. The van der Waals surface area contributed by atoms with E-state index in [1.807, 2.05) is 43.0 Å². The van der Waals surface area contributed by atoms with Gasteiger partial charge in [0.2, 0.25) is 0 Å². The van der Waals surface area contributed by atoms with Crippen molar-refractivity contribution in [1.29, 1.82) is 0 Å². The van der Waals surface area contributed by atoms with Crippen LogP contribution in [0.3, 0.4) is 0 Å².